The maximum absolute atomic E-state index is 11.9. The van der Waals surface area contributed by atoms with E-state index in [1.54, 1.807) is 18.2 Å². The molecule has 1 aliphatic carbocycles. The highest BCUT2D eigenvalue weighted by molar-refractivity contribution is 7.88. The molecule has 34 heavy (non-hydrogen) atoms. The molecule has 0 unspecified atom stereocenters. The Hall–Kier alpha value is -3.19. The van der Waals surface area contributed by atoms with Crippen molar-refractivity contribution < 1.29 is 18.3 Å². The molecule has 0 atom stereocenters. The predicted octanol–water partition coefficient (Wildman–Crippen LogP) is 5.19. The van der Waals surface area contributed by atoms with E-state index >= 15 is 0 Å². The maximum atomic E-state index is 11.9. The fraction of sp³-hybridized carbons (Fsp3) is 0.333. The average molecular weight is 479 g/mol. The van der Waals surface area contributed by atoms with Crippen molar-refractivity contribution >= 4 is 32.5 Å². The van der Waals surface area contributed by atoms with Gasteiger partial charge in [-0.2, -0.15) is 5.10 Å². The second kappa shape index (κ2) is 8.24. The number of aromatic carboxylic acids is 1. The minimum Gasteiger partial charge on any atom is -0.478 e. The first-order valence-corrected chi connectivity index (χ1v) is 13.1. The van der Waals surface area contributed by atoms with Gasteiger partial charge >= 0.3 is 5.97 Å². The summed E-state index contributed by atoms with van der Waals surface area (Å²) in [6.07, 6.45) is 3.23. The van der Waals surface area contributed by atoms with E-state index < -0.39 is 16.0 Å². The number of carboxylic acid groups (broad SMARTS) is 1. The average Bonchev–Trinajstić information content (AvgIpc) is 2.76. The van der Waals surface area contributed by atoms with Gasteiger partial charge in [-0.1, -0.05) is 58.0 Å². The SMILES string of the molecule is CC1(C)CCC(C)(C)c2cc(/C(=N/NS(C)(=O)=O)c3ccc4cc(C(=O)O)ccc4c3)ccc21. The third kappa shape index (κ3) is 4.71. The molecule has 0 radical (unpaired) electrons. The Morgan fingerprint density at radius 2 is 1.32 bits per heavy atom. The molecule has 7 heteroatoms. The van der Waals surface area contributed by atoms with Gasteiger partial charge in [0.2, 0.25) is 10.0 Å². The molecule has 1 aliphatic rings. The Kier molecular flexibility index (Phi) is 5.80. The first kappa shape index (κ1) is 24.0. The van der Waals surface area contributed by atoms with Gasteiger partial charge in [-0.15, -0.1) is 0 Å². The summed E-state index contributed by atoms with van der Waals surface area (Å²) >= 11 is 0. The molecule has 178 valence electrons. The number of benzene rings is 3. The van der Waals surface area contributed by atoms with Crippen LogP contribution in [0, 0.1) is 0 Å². The lowest BCUT2D eigenvalue weighted by Gasteiger charge is -2.42. The monoisotopic (exact) mass is 478 g/mol. The number of nitrogens with one attached hydrogen (secondary N) is 1. The van der Waals surface area contributed by atoms with Crippen LogP contribution in [-0.4, -0.2) is 31.5 Å². The minimum atomic E-state index is -3.55. The van der Waals surface area contributed by atoms with Crippen molar-refractivity contribution in [1.82, 2.24) is 4.83 Å². The summed E-state index contributed by atoms with van der Waals surface area (Å²) in [5.74, 6) is -0.981. The van der Waals surface area contributed by atoms with E-state index in [-0.39, 0.29) is 16.4 Å². The molecule has 6 nitrogen and oxygen atoms in total. The summed E-state index contributed by atoms with van der Waals surface area (Å²) in [5, 5.41) is 15.2. The number of rotatable bonds is 5. The Labute approximate surface area is 200 Å². The smallest absolute Gasteiger partial charge is 0.335 e. The number of hydrazone groups is 1. The summed E-state index contributed by atoms with van der Waals surface area (Å²) in [6.45, 7) is 9.00. The zero-order valence-electron chi connectivity index (χ0n) is 20.1. The van der Waals surface area contributed by atoms with Crippen LogP contribution in [0.15, 0.2) is 59.7 Å². The molecule has 0 heterocycles. The fourth-order valence-electron chi connectivity index (χ4n) is 4.69. The first-order chi connectivity index (χ1) is 15.8. The van der Waals surface area contributed by atoms with Crippen molar-refractivity contribution in [2.75, 3.05) is 6.26 Å². The minimum absolute atomic E-state index is 0.00709. The predicted molar refractivity (Wildman–Crippen MR) is 136 cm³/mol. The molecule has 3 aromatic carbocycles. The van der Waals surface area contributed by atoms with Crippen LogP contribution in [0.1, 0.15) is 73.1 Å². The second-order valence-corrected chi connectivity index (χ2v) is 12.2. The van der Waals surface area contributed by atoms with Crippen molar-refractivity contribution in [2.24, 2.45) is 5.10 Å². The van der Waals surface area contributed by atoms with Crippen LogP contribution < -0.4 is 4.83 Å². The van der Waals surface area contributed by atoms with E-state index in [0.717, 1.165) is 41.0 Å². The zero-order valence-corrected chi connectivity index (χ0v) is 21.0. The van der Waals surface area contributed by atoms with E-state index in [1.807, 2.05) is 24.3 Å². The van der Waals surface area contributed by atoms with Gasteiger partial charge in [-0.05, 0) is 69.8 Å². The number of hydrogen-bond donors (Lipinski definition) is 2. The molecule has 0 bridgehead atoms. The number of carboxylic acids is 1. The van der Waals surface area contributed by atoms with Crippen molar-refractivity contribution in [3.05, 3.63) is 82.4 Å². The number of carbonyl (C=O) groups is 1. The van der Waals surface area contributed by atoms with Crippen molar-refractivity contribution in [1.29, 1.82) is 0 Å². The third-order valence-electron chi connectivity index (χ3n) is 6.81. The standard InChI is InChI=1S/C27H30N2O4S/c1-26(2)12-13-27(3,4)23-16-20(10-11-22(23)26)24(28-29-34(5,32)33)19-8-6-18-15-21(25(30)31)9-7-17(18)14-19/h6-11,14-16,29H,12-13H2,1-5H3,(H,30,31)/b28-24+. The fourth-order valence-corrected chi connectivity index (χ4v) is 4.94. The summed E-state index contributed by atoms with van der Waals surface area (Å²) in [7, 11) is -3.55. The van der Waals surface area contributed by atoms with Crippen LogP contribution in [0.25, 0.3) is 10.8 Å². The highest BCUT2D eigenvalue weighted by atomic mass is 32.2. The highest BCUT2D eigenvalue weighted by Crippen LogP contribution is 2.46. The molecule has 0 saturated heterocycles. The first-order valence-electron chi connectivity index (χ1n) is 11.2. The van der Waals surface area contributed by atoms with Crippen LogP contribution in [0.4, 0.5) is 0 Å². The number of fused-ring (bicyclic) bond motifs is 2. The summed E-state index contributed by atoms with van der Waals surface area (Å²) < 4.78 is 23.7. The molecular formula is C27H30N2O4S. The van der Waals surface area contributed by atoms with Gasteiger partial charge in [0.05, 0.1) is 17.5 Å². The molecular weight excluding hydrogens is 448 g/mol. The molecule has 4 rings (SSSR count). The summed E-state index contributed by atoms with van der Waals surface area (Å²) in [6, 6.07) is 16.8. The van der Waals surface area contributed by atoms with Gasteiger partial charge in [0.1, 0.15) is 0 Å². The van der Waals surface area contributed by atoms with Crippen molar-refractivity contribution in [3.63, 3.8) is 0 Å². The van der Waals surface area contributed by atoms with E-state index in [1.165, 1.54) is 11.1 Å². The Morgan fingerprint density at radius 1 is 0.824 bits per heavy atom. The van der Waals surface area contributed by atoms with Gasteiger partial charge in [-0.3, -0.25) is 0 Å². The van der Waals surface area contributed by atoms with Crippen LogP contribution in [0.5, 0.6) is 0 Å². The lowest BCUT2D eigenvalue weighted by Crippen LogP contribution is -2.34. The lowest BCUT2D eigenvalue weighted by molar-refractivity contribution is 0.0697. The highest BCUT2D eigenvalue weighted by Gasteiger charge is 2.37. The number of sulfonamides is 1. The van der Waals surface area contributed by atoms with Crippen molar-refractivity contribution in [2.45, 2.75) is 51.4 Å². The molecule has 0 fully saturated rings. The summed E-state index contributed by atoms with van der Waals surface area (Å²) in [5.41, 5.74) is 4.90. The van der Waals surface area contributed by atoms with E-state index in [0.29, 0.717) is 5.71 Å². The molecule has 0 spiro atoms. The summed E-state index contributed by atoms with van der Waals surface area (Å²) in [4.78, 5) is 13.6. The topological polar surface area (TPSA) is 95.8 Å². The third-order valence-corrected chi connectivity index (χ3v) is 7.23. The van der Waals surface area contributed by atoms with E-state index in [4.69, 9.17) is 0 Å². The van der Waals surface area contributed by atoms with Crippen molar-refractivity contribution in [3.8, 4) is 0 Å². The van der Waals surface area contributed by atoms with Gasteiger partial charge in [0.15, 0.2) is 0 Å². The van der Waals surface area contributed by atoms with Gasteiger partial charge in [-0.25, -0.2) is 18.0 Å². The Balaban J connectivity index is 1.88. The van der Waals surface area contributed by atoms with Crippen LogP contribution >= 0.6 is 0 Å². The number of hydrogen-bond acceptors (Lipinski definition) is 4. The quantitative estimate of drug-likeness (QED) is 0.390. The van der Waals surface area contributed by atoms with E-state index in [2.05, 4.69) is 49.8 Å². The van der Waals surface area contributed by atoms with Gasteiger partial charge in [0.25, 0.3) is 0 Å². The molecule has 0 amide bonds. The lowest BCUT2D eigenvalue weighted by atomic mass is 9.63. The number of nitrogens with zero attached hydrogens (tertiary/aromatic N) is 1. The second-order valence-electron chi connectivity index (χ2n) is 10.4. The van der Waals surface area contributed by atoms with Gasteiger partial charge < -0.3 is 5.11 Å². The van der Waals surface area contributed by atoms with E-state index in [9.17, 15) is 18.3 Å². The molecule has 0 saturated carbocycles. The molecule has 2 N–H and O–H groups in total. The Bertz CT molecular complexity index is 1440. The Morgan fingerprint density at radius 3 is 1.91 bits per heavy atom. The largest absolute Gasteiger partial charge is 0.478 e. The van der Waals surface area contributed by atoms with Crippen LogP contribution in [0.2, 0.25) is 0 Å². The molecule has 0 aliphatic heterocycles. The maximum Gasteiger partial charge on any atom is 0.335 e. The molecule has 3 aromatic rings. The molecule has 0 aromatic heterocycles. The van der Waals surface area contributed by atoms with Gasteiger partial charge in [0, 0.05) is 11.1 Å². The normalized spacial score (nSPS) is 17.3. The van der Waals surface area contributed by atoms with Crippen LogP contribution in [0.3, 0.4) is 0 Å². The van der Waals surface area contributed by atoms with Crippen LogP contribution in [-0.2, 0) is 20.9 Å². The zero-order chi connectivity index (χ0) is 24.9.